The fourth-order valence-corrected chi connectivity index (χ4v) is 5.67. The topological polar surface area (TPSA) is 79.0 Å². The van der Waals surface area contributed by atoms with Gasteiger partial charge in [0.1, 0.15) is 11.8 Å². The standard InChI is InChI=1S/C28H35N3O4/c1-18-10-9-11-19(2)26(18)29-25(32)17-30(3)28(34)23-16-20-12-5-7-14-22(20)31(23)27(33)21-13-6-8-15-24(21)35-4/h6,8-11,13,15,20,22-23H,5,7,12,14,16-17H2,1-4H3,(H,29,32). The summed E-state index contributed by atoms with van der Waals surface area (Å²) < 4.78 is 5.44. The minimum atomic E-state index is -0.585. The second kappa shape index (κ2) is 10.5. The summed E-state index contributed by atoms with van der Waals surface area (Å²) in [4.78, 5) is 43.4. The highest BCUT2D eigenvalue weighted by Crippen LogP contribution is 2.41. The zero-order valence-corrected chi connectivity index (χ0v) is 21.0. The van der Waals surface area contributed by atoms with Crippen molar-refractivity contribution in [1.29, 1.82) is 0 Å². The number of aryl methyl sites for hydroxylation is 2. The van der Waals surface area contributed by atoms with Crippen LogP contribution in [-0.4, -0.2) is 60.3 Å². The van der Waals surface area contributed by atoms with Crippen LogP contribution in [0.3, 0.4) is 0 Å². The van der Waals surface area contributed by atoms with Crippen molar-refractivity contribution in [2.24, 2.45) is 5.92 Å². The minimum absolute atomic E-state index is 0.0342. The number of nitrogens with one attached hydrogen (secondary N) is 1. The summed E-state index contributed by atoms with van der Waals surface area (Å²) in [6, 6.07) is 12.4. The number of benzene rings is 2. The molecule has 1 N–H and O–H groups in total. The Balaban J connectivity index is 1.53. The zero-order valence-electron chi connectivity index (χ0n) is 21.0. The van der Waals surface area contributed by atoms with Crippen LogP contribution >= 0.6 is 0 Å². The Labute approximate surface area is 207 Å². The Hall–Kier alpha value is -3.35. The third-order valence-corrected chi connectivity index (χ3v) is 7.45. The van der Waals surface area contributed by atoms with Gasteiger partial charge in [0.05, 0.1) is 19.2 Å². The van der Waals surface area contributed by atoms with Gasteiger partial charge >= 0.3 is 0 Å². The van der Waals surface area contributed by atoms with Crippen molar-refractivity contribution in [3.63, 3.8) is 0 Å². The Bertz CT molecular complexity index is 1090. The van der Waals surface area contributed by atoms with Crippen LogP contribution in [0, 0.1) is 19.8 Å². The summed E-state index contributed by atoms with van der Waals surface area (Å²) in [7, 11) is 3.19. The molecule has 0 aromatic heterocycles. The van der Waals surface area contributed by atoms with Gasteiger partial charge in [-0.25, -0.2) is 0 Å². The quantitative estimate of drug-likeness (QED) is 0.677. The van der Waals surface area contributed by atoms with E-state index >= 15 is 0 Å². The third kappa shape index (κ3) is 5.04. The fourth-order valence-electron chi connectivity index (χ4n) is 5.67. The van der Waals surface area contributed by atoms with Crippen LogP contribution in [0.5, 0.6) is 5.75 Å². The monoisotopic (exact) mass is 477 g/mol. The Morgan fingerprint density at radius 3 is 2.43 bits per heavy atom. The van der Waals surface area contributed by atoms with Crippen LogP contribution < -0.4 is 10.1 Å². The van der Waals surface area contributed by atoms with Crippen molar-refractivity contribution in [3.05, 3.63) is 59.2 Å². The van der Waals surface area contributed by atoms with Gasteiger partial charge in [0, 0.05) is 18.8 Å². The molecule has 0 spiro atoms. The van der Waals surface area contributed by atoms with Crippen molar-refractivity contribution in [2.45, 2.75) is 58.0 Å². The first-order valence-corrected chi connectivity index (χ1v) is 12.4. The molecule has 2 aromatic carbocycles. The van der Waals surface area contributed by atoms with Crippen molar-refractivity contribution in [3.8, 4) is 5.75 Å². The molecule has 0 bridgehead atoms. The zero-order chi connectivity index (χ0) is 25.1. The lowest BCUT2D eigenvalue weighted by Crippen LogP contribution is -2.51. The lowest BCUT2D eigenvalue weighted by molar-refractivity contribution is -0.137. The van der Waals surface area contributed by atoms with E-state index < -0.39 is 6.04 Å². The molecule has 2 aliphatic rings. The molecular weight excluding hydrogens is 442 g/mol. The molecule has 1 saturated heterocycles. The molecule has 3 amide bonds. The number of anilines is 1. The van der Waals surface area contributed by atoms with E-state index in [1.54, 1.807) is 31.2 Å². The van der Waals surface area contributed by atoms with Gasteiger partial charge in [0.15, 0.2) is 0 Å². The summed E-state index contributed by atoms with van der Waals surface area (Å²) in [6.07, 6.45) is 4.71. The maximum atomic E-state index is 13.8. The Morgan fingerprint density at radius 1 is 1.03 bits per heavy atom. The fraction of sp³-hybridized carbons (Fsp3) is 0.464. The average Bonchev–Trinajstić information content (AvgIpc) is 3.25. The number of methoxy groups -OCH3 is 1. The molecule has 1 saturated carbocycles. The third-order valence-electron chi connectivity index (χ3n) is 7.45. The molecule has 1 aliphatic carbocycles. The SMILES string of the molecule is COc1ccccc1C(=O)N1C(C(=O)N(C)CC(=O)Nc2c(C)cccc2C)CC2CCCCC21. The molecule has 2 fully saturated rings. The van der Waals surface area contributed by atoms with Crippen LogP contribution in [0.15, 0.2) is 42.5 Å². The summed E-state index contributed by atoms with van der Waals surface area (Å²) in [6.45, 7) is 3.81. The van der Waals surface area contributed by atoms with E-state index in [9.17, 15) is 14.4 Å². The Morgan fingerprint density at radius 2 is 1.71 bits per heavy atom. The number of likely N-dealkylation sites (tertiary alicyclic amines) is 1. The number of ether oxygens (including phenoxy) is 1. The first-order valence-electron chi connectivity index (χ1n) is 12.4. The maximum Gasteiger partial charge on any atom is 0.258 e. The number of rotatable bonds is 6. The van der Waals surface area contributed by atoms with Crippen LogP contribution in [0.2, 0.25) is 0 Å². The van der Waals surface area contributed by atoms with E-state index in [1.807, 2.05) is 44.2 Å². The number of amides is 3. The van der Waals surface area contributed by atoms with Crippen molar-refractivity contribution < 1.29 is 19.1 Å². The van der Waals surface area contributed by atoms with Gasteiger partial charge in [-0.05, 0) is 62.3 Å². The lowest BCUT2D eigenvalue weighted by Gasteiger charge is -2.35. The predicted molar refractivity (Wildman–Crippen MR) is 135 cm³/mol. The highest BCUT2D eigenvalue weighted by atomic mass is 16.5. The van der Waals surface area contributed by atoms with Gasteiger partial charge in [-0.1, -0.05) is 43.2 Å². The normalized spacial score (nSPS) is 21.3. The number of likely N-dealkylation sites (N-methyl/N-ethyl adjacent to an activating group) is 1. The summed E-state index contributed by atoms with van der Waals surface area (Å²) in [5.41, 5.74) is 3.19. The minimum Gasteiger partial charge on any atom is -0.496 e. The van der Waals surface area contributed by atoms with Gasteiger partial charge in [0.25, 0.3) is 5.91 Å². The number of hydrogen-bond acceptors (Lipinski definition) is 4. The molecule has 1 heterocycles. The van der Waals surface area contributed by atoms with Crippen LogP contribution in [0.25, 0.3) is 0 Å². The largest absolute Gasteiger partial charge is 0.496 e. The summed E-state index contributed by atoms with van der Waals surface area (Å²) in [5.74, 6) is 0.177. The summed E-state index contributed by atoms with van der Waals surface area (Å²) >= 11 is 0. The van der Waals surface area contributed by atoms with Crippen LogP contribution in [0.4, 0.5) is 5.69 Å². The predicted octanol–water partition coefficient (Wildman–Crippen LogP) is 4.18. The van der Waals surface area contributed by atoms with Crippen LogP contribution in [0.1, 0.15) is 53.6 Å². The van der Waals surface area contributed by atoms with Crippen molar-refractivity contribution >= 4 is 23.4 Å². The average molecular weight is 478 g/mol. The van der Waals surface area contributed by atoms with E-state index in [1.165, 1.54) is 4.90 Å². The van der Waals surface area contributed by atoms with E-state index in [0.717, 1.165) is 42.5 Å². The lowest BCUT2D eigenvalue weighted by atomic mass is 9.84. The van der Waals surface area contributed by atoms with Gasteiger partial charge in [-0.2, -0.15) is 0 Å². The second-order valence-corrected chi connectivity index (χ2v) is 9.79. The number of carbonyl (C=O) groups is 3. The molecule has 186 valence electrons. The molecule has 3 atom stereocenters. The van der Waals surface area contributed by atoms with Gasteiger partial charge < -0.3 is 19.9 Å². The molecule has 3 unspecified atom stereocenters. The molecule has 35 heavy (non-hydrogen) atoms. The number of fused-ring (bicyclic) bond motifs is 1. The van der Waals surface area contributed by atoms with E-state index in [0.29, 0.717) is 23.7 Å². The maximum absolute atomic E-state index is 13.8. The van der Waals surface area contributed by atoms with Gasteiger partial charge in [-0.15, -0.1) is 0 Å². The van der Waals surface area contributed by atoms with Crippen LogP contribution in [-0.2, 0) is 9.59 Å². The molecular formula is C28H35N3O4. The van der Waals surface area contributed by atoms with Gasteiger partial charge in [-0.3, -0.25) is 14.4 Å². The number of carbonyl (C=O) groups excluding carboxylic acids is 3. The van der Waals surface area contributed by atoms with Crippen molar-refractivity contribution in [2.75, 3.05) is 26.0 Å². The molecule has 1 aliphatic heterocycles. The highest BCUT2D eigenvalue weighted by molar-refractivity contribution is 6.01. The van der Waals surface area contributed by atoms with E-state index in [4.69, 9.17) is 4.74 Å². The number of hydrogen-bond donors (Lipinski definition) is 1. The van der Waals surface area contributed by atoms with Gasteiger partial charge in [0.2, 0.25) is 11.8 Å². The highest BCUT2D eigenvalue weighted by Gasteiger charge is 2.48. The summed E-state index contributed by atoms with van der Waals surface area (Å²) in [5, 5.41) is 2.95. The molecule has 7 heteroatoms. The number of para-hydroxylation sites is 2. The smallest absolute Gasteiger partial charge is 0.258 e. The Kier molecular flexibility index (Phi) is 7.43. The molecule has 7 nitrogen and oxygen atoms in total. The van der Waals surface area contributed by atoms with E-state index in [-0.39, 0.29) is 30.3 Å². The van der Waals surface area contributed by atoms with Crippen molar-refractivity contribution in [1.82, 2.24) is 9.80 Å². The molecule has 4 rings (SSSR count). The first-order chi connectivity index (χ1) is 16.8. The molecule has 2 aromatic rings. The number of nitrogens with zero attached hydrogens (tertiary/aromatic N) is 2. The first kappa shape index (κ1) is 24.8. The molecule has 0 radical (unpaired) electrons. The van der Waals surface area contributed by atoms with E-state index in [2.05, 4.69) is 5.32 Å². The second-order valence-electron chi connectivity index (χ2n) is 9.79.